The second kappa shape index (κ2) is 19.0. The summed E-state index contributed by atoms with van der Waals surface area (Å²) in [5.41, 5.74) is 0. The highest BCUT2D eigenvalue weighted by molar-refractivity contribution is 6.37. The van der Waals surface area contributed by atoms with Gasteiger partial charge < -0.3 is 48.8 Å². The first kappa shape index (κ1) is 39.1. The fourth-order valence-corrected chi connectivity index (χ4v) is 7.54. The molecule has 3 aliphatic rings. The molecule has 11 heteroatoms. The van der Waals surface area contributed by atoms with Crippen LogP contribution in [-0.4, -0.2) is 121 Å². The van der Waals surface area contributed by atoms with Crippen LogP contribution in [0.3, 0.4) is 0 Å². The zero-order chi connectivity index (χ0) is 33.3. The molecule has 0 amide bonds. The topological polar surface area (TPSA) is 136 Å². The summed E-state index contributed by atoms with van der Waals surface area (Å²) in [4.78, 5) is 0. The molecule has 3 fully saturated rings. The van der Waals surface area contributed by atoms with Gasteiger partial charge in [0.2, 0.25) is 0 Å². The standard InChI is InChI=1S/C34H65BO10/c1-9-11-19(3)28-24(8)27(18-40-15-21(5)37)44-34(32(28)42-17-23(7)39)45-30-26(10-2)43-33(35-14-20(4)36)31(41-16-22(6)38)29(30)25-12-13-25/h19-39H,9-18H2,1-8H3/t19?,20?,21?,22?,23?,24-,26?,27?,28+,29?,30-,31-,32-,33?,34?/m1/s1. The number of aliphatic hydroxyl groups is 4. The van der Waals surface area contributed by atoms with Crippen LogP contribution < -0.4 is 0 Å². The van der Waals surface area contributed by atoms with E-state index in [4.69, 9.17) is 28.4 Å². The molecule has 0 aromatic rings. The number of ether oxygens (including phenoxy) is 6. The molecule has 0 aromatic carbocycles. The van der Waals surface area contributed by atoms with E-state index in [-0.39, 0.29) is 68.0 Å². The van der Waals surface area contributed by atoms with Gasteiger partial charge in [-0.15, -0.1) is 0 Å². The maximum absolute atomic E-state index is 10.2. The van der Waals surface area contributed by atoms with E-state index in [2.05, 4.69) is 27.7 Å². The van der Waals surface area contributed by atoms with E-state index in [1.54, 1.807) is 27.7 Å². The summed E-state index contributed by atoms with van der Waals surface area (Å²) in [6.45, 7) is 16.6. The van der Waals surface area contributed by atoms with E-state index >= 15 is 0 Å². The van der Waals surface area contributed by atoms with Crippen LogP contribution in [0.2, 0.25) is 6.32 Å². The molecule has 0 aromatic heterocycles. The molecule has 0 bridgehead atoms. The first-order chi connectivity index (χ1) is 21.4. The van der Waals surface area contributed by atoms with Gasteiger partial charge in [0.05, 0.1) is 75.2 Å². The van der Waals surface area contributed by atoms with Gasteiger partial charge in [0.15, 0.2) is 13.6 Å². The first-order valence-corrected chi connectivity index (χ1v) is 17.9. The van der Waals surface area contributed by atoms with Crippen LogP contribution in [0.4, 0.5) is 0 Å². The minimum atomic E-state index is -0.722. The van der Waals surface area contributed by atoms with E-state index < -0.39 is 36.8 Å². The van der Waals surface area contributed by atoms with E-state index in [9.17, 15) is 20.4 Å². The second-order valence-electron chi connectivity index (χ2n) is 14.5. The molecule has 1 aliphatic carbocycles. The normalized spacial score (nSPS) is 37.5. The molecule has 0 spiro atoms. The molecule has 45 heavy (non-hydrogen) atoms. The molecule has 10 unspecified atom stereocenters. The molecular weight excluding hydrogens is 579 g/mol. The van der Waals surface area contributed by atoms with Gasteiger partial charge in [-0.3, -0.25) is 0 Å². The zero-order valence-electron chi connectivity index (χ0n) is 29.3. The van der Waals surface area contributed by atoms with Gasteiger partial charge in [0, 0.05) is 12.0 Å². The van der Waals surface area contributed by atoms with E-state index in [1.807, 2.05) is 0 Å². The van der Waals surface area contributed by atoms with Crippen molar-refractivity contribution in [3.63, 3.8) is 0 Å². The predicted octanol–water partition coefficient (Wildman–Crippen LogP) is 3.11. The number of hydrogen-bond acceptors (Lipinski definition) is 10. The van der Waals surface area contributed by atoms with Crippen molar-refractivity contribution in [1.29, 1.82) is 0 Å². The largest absolute Gasteiger partial charge is 0.394 e. The SMILES string of the molecule is CCCC(C)[C@H]1[C@H](C)C(COCC(C)O)OC(O[C@@H]2C(CC)OC(BCC(C)O)[C@H](OCC(C)O)C2C2CC2)[C@@H]1OCC(C)O. The van der Waals surface area contributed by atoms with Crippen LogP contribution in [0, 0.1) is 29.6 Å². The summed E-state index contributed by atoms with van der Waals surface area (Å²) < 4.78 is 39.5. The molecule has 2 saturated heterocycles. The summed E-state index contributed by atoms with van der Waals surface area (Å²) in [5, 5.41) is 40.3. The Labute approximate surface area is 273 Å². The Kier molecular flexibility index (Phi) is 16.5. The van der Waals surface area contributed by atoms with E-state index in [0.29, 0.717) is 32.0 Å². The van der Waals surface area contributed by atoms with Gasteiger partial charge in [-0.25, -0.2) is 0 Å². The summed E-state index contributed by atoms with van der Waals surface area (Å²) >= 11 is 0. The molecule has 2 aliphatic heterocycles. The molecule has 1 saturated carbocycles. The van der Waals surface area contributed by atoms with Gasteiger partial charge in [0.25, 0.3) is 0 Å². The first-order valence-electron chi connectivity index (χ1n) is 17.9. The Hall–Kier alpha value is -0.335. The van der Waals surface area contributed by atoms with Crippen molar-refractivity contribution >= 4 is 7.28 Å². The van der Waals surface area contributed by atoms with Crippen LogP contribution in [-0.2, 0) is 28.4 Å². The minimum Gasteiger partial charge on any atom is -0.394 e. The van der Waals surface area contributed by atoms with Crippen molar-refractivity contribution in [1.82, 2.24) is 0 Å². The van der Waals surface area contributed by atoms with E-state index in [1.165, 1.54) is 0 Å². The van der Waals surface area contributed by atoms with Crippen molar-refractivity contribution in [2.45, 2.75) is 161 Å². The average Bonchev–Trinajstić information content (AvgIpc) is 3.80. The predicted molar refractivity (Wildman–Crippen MR) is 174 cm³/mol. The molecule has 0 radical (unpaired) electrons. The van der Waals surface area contributed by atoms with Crippen molar-refractivity contribution in [3.05, 3.63) is 0 Å². The monoisotopic (exact) mass is 644 g/mol. The number of hydrogen-bond donors (Lipinski definition) is 4. The summed E-state index contributed by atoms with van der Waals surface area (Å²) in [6.07, 6.45) is 1.05. The average molecular weight is 645 g/mol. The fourth-order valence-electron chi connectivity index (χ4n) is 7.54. The molecule has 10 nitrogen and oxygen atoms in total. The Morgan fingerprint density at radius 1 is 0.778 bits per heavy atom. The zero-order valence-corrected chi connectivity index (χ0v) is 29.3. The molecule has 2 heterocycles. The Morgan fingerprint density at radius 2 is 1.40 bits per heavy atom. The second-order valence-corrected chi connectivity index (χ2v) is 14.5. The van der Waals surface area contributed by atoms with Gasteiger partial charge >= 0.3 is 0 Å². The van der Waals surface area contributed by atoms with Gasteiger partial charge in [-0.1, -0.05) is 40.5 Å². The van der Waals surface area contributed by atoms with Crippen LogP contribution in [0.5, 0.6) is 0 Å². The molecule has 3 rings (SSSR count). The van der Waals surface area contributed by atoms with Crippen LogP contribution in [0.1, 0.15) is 87.5 Å². The highest BCUT2D eigenvalue weighted by atomic mass is 16.7. The summed E-state index contributed by atoms with van der Waals surface area (Å²) in [5.74, 6) is 0.926. The molecule has 264 valence electrons. The van der Waals surface area contributed by atoms with Crippen LogP contribution in [0.25, 0.3) is 0 Å². The molecule has 4 N–H and O–H groups in total. The number of rotatable bonds is 20. The Balaban J connectivity index is 1.98. The third kappa shape index (κ3) is 11.6. The van der Waals surface area contributed by atoms with Crippen molar-refractivity contribution < 1.29 is 48.8 Å². The maximum atomic E-state index is 10.2. The third-order valence-corrected chi connectivity index (χ3v) is 9.82. The van der Waals surface area contributed by atoms with Gasteiger partial charge in [-0.2, -0.15) is 0 Å². The van der Waals surface area contributed by atoms with E-state index in [0.717, 1.165) is 32.1 Å². The van der Waals surface area contributed by atoms with Crippen LogP contribution >= 0.6 is 0 Å². The molecule has 15 atom stereocenters. The lowest BCUT2D eigenvalue weighted by Crippen LogP contribution is -2.62. The fraction of sp³-hybridized carbons (Fsp3) is 1.00. The highest BCUT2D eigenvalue weighted by Crippen LogP contribution is 2.49. The highest BCUT2D eigenvalue weighted by Gasteiger charge is 2.55. The Bertz CT molecular complexity index is 812. The van der Waals surface area contributed by atoms with Gasteiger partial charge in [-0.05, 0) is 76.9 Å². The number of aliphatic hydroxyl groups excluding tert-OH is 4. The van der Waals surface area contributed by atoms with Crippen LogP contribution in [0.15, 0.2) is 0 Å². The summed E-state index contributed by atoms with van der Waals surface area (Å²) in [6, 6.07) is -0.220. The van der Waals surface area contributed by atoms with Crippen molar-refractivity contribution in [2.75, 3.05) is 26.4 Å². The quantitative estimate of drug-likeness (QED) is 0.147. The lowest BCUT2D eigenvalue weighted by atomic mass is 9.60. The smallest absolute Gasteiger partial charge is 0.184 e. The minimum absolute atomic E-state index is 0.0262. The maximum Gasteiger partial charge on any atom is 0.184 e. The van der Waals surface area contributed by atoms with Crippen molar-refractivity contribution in [2.24, 2.45) is 29.6 Å². The third-order valence-electron chi connectivity index (χ3n) is 9.82. The van der Waals surface area contributed by atoms with Gasteiger partial charge in [0.1, 0.15) is 6.10 Å². The molecular formula is C34H65BO10. The summed E-state index contributed by atoms with van der Waals surface area (Å²) in [7, 11) is 0.658. The Morgan fingerprint density at radius 3 is 1.93 bits per heavy atom. The van der Waals surface area contributed by atoms with Crippen molar-refractivity contribution in [3.8, 4) is 0 Å². The lowest BCUT2D eigenvalue weighted by molar-refractivity contribution is -0.334. The lowest BCUT2D eigenvalue weighted by Gasteiger charge is -2.52.